The number of hydrogen-bond donors (Lipinski definition) is 1. The number of anilines is 1. The van der Waals surface area contributed by atoms with Gasteiger partial charge in [-0.05, 0) is 68.1 Å². The maximum Gasteiger partial charge on any atom is 0.244 e. The zero-order valence-corrected chi connectivity index (χ0v) is 25.6. The van der Waals surface area contributed by atoms with Gasteiger partial charge in [0.1, 0.15) is 12.6 Å². The van der Waals surface area contributed by atoms with Crippen molar-refractivity contribution in [3.63, 3.8) is 0 Å². The summed E-state index contributed by atoms with van der Waals surface area (Å²) in [5, 5.41) is 3.69. The molecule has 3 rings (SSSR count). The smallest absolute Gasteiger partial charge is 0.244 e. The number of nitrogens with one attached hydrogen (secondary N) is 1. The van der Waals surface area contributed by atoms with E-state index in [-0.39, 0.29) is 24.9 Å². The molecule has 0 radical (unpaired) electrons. The van der Waals surface area contributed by atoms with E-state index in [2.05, 4.69) is 5.32 Å². The minimum absolute atomic E-state index is 0.0255. The molecule has 3 aromatic rings. The number of sulfonamides is 1. The number of nitrogens with zero attached hydrogens (tertiary/aromatic N) is 2. The Morgan fingerprint density at radius 1 is 0.950 bits per heavy atom. The molecule has 214 valence electrons. The third-order valence-electron chi connectivity index (χ3n) is 6.37. The highest BCUT2D eigenvalue weighted by atomic mass is 35.5. The van der Waals surface area contributed by atoms with Crippen LogP contribution in [0.25, 0.3) is 0 Å². The van der Waals surface area contributed by atoms with Crippen LogP contribution in [0.5, 0.6) is 0 Å². The topological polar surface area (TPSA) is 86.8 Å². The fourth-order valence-corrected chi connectivity index (χ4v) is 5.72. The number of carbonyl (C=O) groups is 2. The molecular weight excluding hydrogens is 569 g/mol. The average molecular weight is 605 g/mol. The van der Waals surface area contributed by atoms with Crippen molar-refractivity contribution in [2.24, 2.45) is 0 Å². The molecule has 0 aliphatic carbocycles. The highest BCUT2D eigenvalue weighted by Gasteiger charge is 2.34. The summed E-state index contributed by atoms with van der Waals surface area (Å²) in [7, 11) is -3.85. The van der Waals surface area contributed by atoms with E-state index >= 15 is 0 Å². The lowest BCUT2D eigenvalue weighted by Gasteiger charge is -2.34. The fourth-order valence-electron chi connectivity index (χ4n) is 4.35. The largest absolute Gasteiger partial charge is 0.352 e. The summed E-state index contributed by atoms with van der Waals surface area (Å²) in [6.07, 6.45) is 1.29. The van der Waals surface area contributed by atoms with Crippen LogP contribution < -0.4 is 9.62 Å². The molecule has 7 nitrogen and oxygen atoms in total. The quantitative estimate of drug-likeness (QED) is 0.312. The van der Waals surface area contributed by atoms with Crippen molar-refractivity contribution in [2.45, 2.75) is 52.7 Å². The first-order valence-electron chi connectivity index (χ1n) is 12.9. The summed E-state index contributed by atoms with van der Waals surface area (Å²) in [6.45, 7) is 6.80. The van der Waals surface area contributed by atoms with Gasteiger partial charge in [-0.3, -0.25) is 13.9 Å². The first kappa shape index (κ1) is 31.5. The summed E-state index contributed by atoms with van der Waals surface area (Å²) in [5.74, 6) is -0.896. The van der Waals surface area contributed by atoms with Crippen molar-refractivity contribution in [3.05, 3.63) is 99.0 Å². The zero-order valence-electron chi connectivity index (χ0n) is 23.3. The maximum atomic E-state index is 14.1. The van der Waals surface area contributed by atoms with Crippen LogP contribution in [0.2, 0.25) is 10.0 Å². The summed E-state index contributed by atoms with van der Waals surface area (Å²) in [5.41, 5.74) is 3.39. The van der Waals surface area contributed by atoms with Crippen LogP contribution in [0.1, 0.15) is 36.1 Å². The Morgan fingerprint density at radius 2 is 1.62 bits per heavy atom. The predicted octanol–water partition coefficient (Wildman–Crippen LogP) is 5.54. The number of halogens is 2. The van der Waals surface area contributed by atoms with Crippen molar-refractivity contribution in [1.29, 1.82) is 0 Å². The van der Waals surface area contributed by atoms with E-state index in [1.165, 1.54) is 4.90 Å². The van der Waals surface area contributed by atoms with Crippen LogP contribution >= 0.6 is 23.2 Å². The van der Waals surface area contributed by atoms with E-state index in [0.29, 0.717) is 26.9 Å². The Morgan fingerprint density at radius 3 is 2.23 bits per heavy atom. The van der Waals surface area contributed by atoms with Gasteiger partial charge in [0.05, 0.1) is 11.9 Å². The molecule has 0 heterocycles. The molecular formula is C30H35Cl2N3O4S. The van der Waals surface area contributed by atoms with E-state index in [1.807, 2.05) is 63.2 Å². The van der Waals surface area contributed by atoms with E-state index in [9.17, 15) is 18.0 Å². The van der Waals surface area contributed by atoms with Gasteiger partial charge in [-0.25, -0.2) is 8.42 Å². The van der Waals surface area contributed by atoms with E-state index in [4.69, 9.17) is 23.2 Å². The molecule has 0 aromatic heterocycles. The van der Waals surface area contributed by atoms with Gasteiger partial charge in [-0.15, -0.1) is 0 Å². The average Bonchev–Trinajstić information content (AvgIpc) is 2.86. The first-order chi connectivity index (χ1) is 18.8. The summed E-state index contributed by atoms with van der Waals surface area (Å²) >= 11 is 12.6. The second kappa shape index (κ2) is 13.5. The molecule has 0 saturated carbocycles. The second-order valence-corrected chi connectivity index (χ2v) is 12.9. The Kier molecular flexibility index (Phi) is 10.6. The molecule has 0 aliphatic rings. The van der Waals surface area contributed by atoms with Crippen LogP contribution in [0.3, 0.4) is 0 Å². The number of aryl methyl sites for hydroxylation is 2. The fraction of sp³-hybridized carbons (Fsp3) is 0.333. The van der Waals surface area contributed by atoms with Crippen LogP contribution in [0.4, 0.5) is 5.69 Å². The molecule has 1 N–H and O–H groups in total. The highest BCUT2D eigenvalue weighted by Crippen LogP contribution is 2.27. The van der Waals surface area contributed by atoms with Gasteiger partial charge in [-0.1, -0.05) is 71.7 Å². The normalized spacial score (nSPS) is 12.2. The molecule has 3 aromatic carbocycles. The summed E-state index contributed by atoms with van der Waals surface area (Å²) < 4.78 is 27.1. The molecule has 1 atom stereocenters. The third-order valence-corrected chi connectivity index (χ3v) is 8.08. The molecule has 40 heavy (non-hydrogen) atoms. The molecule has 10 heteroatoms. The van der Waals surface area contributed by atoms with Crippen molar-refractivity contribution >= 4 is 50.7 Å². The zero-order chi connectivity index (χ0) is 29.6. The van der Waals surface area contributed by atoms with Crippen LogP contribution in [0.15, 0.2) is 66.7 Å². The van der Waals surface area contributed by atoms with Crippen LogP contribution in [-0.4, -0.2) is 50.0 Å². The van der Waals surface area contributed by atoms with Crippen molar-refractivity contribution in [1.82, 2.24) is 10.2 Å². The Balaban J connectivity index is 2.11. The lowest BCUT2D eigenvalue weighted by Crippen LogP contribution is -2.54. The minimum Gasteiger partial charge on any atom is -0.352 e. The van der Waals surface area contributed by atoms with Gasteiger partial charge in [-0.2, -0.15) is 0 Å². The maximum absolute atomic E-state index is 14.1. The van der Waals surface area contributed by atoms with E-state index in [0.717, 1.165) is 21.7 Å². The van der Waals surface area contributed by atoms with Crippen molar-refractivity contribution in [3.8, 4) is 0 Å². The molecule has 0 fully saturated rings. The van der Waals surface area contributed by atoms with Crippen molar-refractivity contribution in [2.75, 3.05) is 17.1 Å². The predicted molar refractivity (Wildman–Crippen MR) is 162 cm³/mol. The standard InChI is InChI=1S/C30H35Cl2N3O4S/c1-20(2)33-30(37)28(16-23-9-7-6-8-10-23)34(18-24-13-14-25(31)17-26(24)32)29(36)19-35(40(5,38)39)27-15-21(3)11-12-22(27)4/h6-15,17,20,28H,16,18-19H2,1-5H3,(H,33,37). The first-order valence-corrected chi connectivity index (χ1v) is 15.5. The van der Waals surface area contributed by atoms with Gasteiger partial charge < -0.3 is 10.2 Å². The second-order valence-electron chi connectivity index (χ2n) is 10.2. The Bertz CT molecular complexity index is 1460. The van der Waals surface area contributed by atoms with E-state index in [1.54, 1.807) is 31.2 Å². The van der Waals surface area contributed by atoms with Gasteiger partial charge >= 0.3 is 0 Å². The molecule has 1 unspecified atom stereocenters. The molecule has 0 spiro atoms. The summed E-state index contributed by atoms with van der Waals surface area (Å²) in [4.78, 5) is 29.1. The highest BCUT2D eigenvalue weighted by molar-refractivity contribution is 7.92. The number of amides is 2. The van der Waals surface area contributed by atoms with Crippen LogP contribution in [0, 0.1) is 13.8 Å². The number of rotatable bonds is 11. The molecule has 0 bridgehead atoms. The van der Waals surface area contributed by atoms with Gasteiger partial charge in [0.15, 0.2) is 0 Å². The summed E-state index contributed by atoms with van der Waals surface area (Å²) in [6, 6.07) is 18.6. The number of carbonyl (C=O) groups excluding carboxylic acids is 2. The minimum atomic E-state index is -3.85. The van der Waals surface area contributed by atoms with Crippen LogP contribution in [-0.2, 0) is 32.6 Å². The Hall–Kier alpha value is -3.07. The number of hydrogen-bond acceptors (Lipinski definition) is 4. The number of benzene rings is 3. The molecule has 0 aliphatic heterocycles. The van der Waals surface area contributed by atoms with E-state index < -0.39 is 28.5 Å². The molecule has 0 saturated heterocycles. The van der Waals surface area contributed by atoms with Gasteiger partial charge in [0, 0.05) is 29.1 Å². The van der Waals surface area contributed by atoms with Crippen molar-refractivity contribution < 1.29 is 18.0 Å². The monoisotopic (exact) mass is 603 g/mol. The molecule has 2 amide bonds. The van der Waals surface area contributed by atoms with Gasteiger partial charge in [0.2, 0.25) is 21.8 Å². The lowest BCUT2D eigenvalue weighted by atomic mass is 10.0. The SMILES string of the molecule is Cc1ccc(C)c(N(CC(=O)N(Cc2ccc(Cl)cc2Cl)C(Cc2ccccc2)C(=O)NC(C)C)S(C)(=O)=O)c1. The lowest BCUT2D eigenvalue weighted by molar-refractivity contribution is -0.140. The van der Waals surface area contributed by atoms with Gasteiger partial charge in [0.25, 0.3) is 0 Å². The third kappa shape index (κ3) is 8.46. The Labute approximate surface area is 247 Å².